The van der Waals surface area contributed by atoms with E-state index in [1.807, 2.05) is 0 Å². The quantitative estimate of drug-likeness (QED) is 0.503. The Hall–Kier alpha value is 0.250. The van der Waals surface area contributed by atoms with E-state index in [0.29, 0.717) is 11.3 Å². The summed E-state index contributed by atoms with van der Waals surface area (Å²) < 4.78 is 0. The number of piperidine rings is 1. The fourth-order valence-electron chi connectivity index (χ4n) is 2.17. The highest BCUT2D eigenvalue weighted by Gasteiger charge is 2.23. The standard InChI is InChI=1S/C12H24ClN/c1-3-4-5-6-8-14-9-7-12(13)11(2)10-14/h11-12H,3-10H2,1-2H3. The molecule has 0 aliphatic carbocycles. The zero-order valence-electron chi connectivity index (χ0n) is 9.64. The summed E-state index contributed by atoms with van der Waals surface area (Å²) in [5.41, 5.74) is 0. The van der Waals surface area contributed by atoms with Gasteiger partial charge in [0, 0.05) is 11.9 Å². The van der Waals surface area contributed by atoms with Crippen molar-refractivity contribution in [2.45, 2.75) is 51.3 Å². The van der Waals surface area contributed by atoms with E-state index in [9.17, 15) is 0 Å². The van der Waals surface area contributed by atoms with Crippen LogP contribution >= 0.6 is 11.6 Å². The maximum absolute atomic E-state index is 6.19. The third-order valence-electron chi connectivity index (χ3n) is 3.21. The van der Waals surface area contributed by atoms with Crippen molar-refractivity contribution in [1.29, 1.82) is 0 Å². The molecule has 0 aromatic heterocycles. The molecule has 1 aliphatic rings. The van der Waals surface area contributed by atoms with Crippen LogP contribution in [0.2, 0.25) is 0 Å². The predicted octanol–water partition coefficient (Wildman–Crippen LogP) is 3.52. The lowest BCUT2D eigenvalue weighted by atomic mass is 9.99. The van der Waals surface area contributed by atoms with Crippen LogP contribution in [-0.2, 0) is 0 Å². The van der Waals surface area contributed by atoms with Crippen LogP contribution in [0.15, 0.2) is 0 Å². The number of likely N-dealkylation sites (tertiary alicyclic amines) is 1. The maximum atomic E-state index is 6.19. The molecule has 0 amide bonds. The number of nitrogens with zero attached hydrogens (tertiary/aromatic N) is 1. The van der Waals surface area contributed by atoms with Gasteiger partial charge in [-0.1, -0.05) is 33.1 Å². The molecular weight excluding hydrogens is 194 g/mol. The minimum absolute atomic E-state index is 0.418. The number of rotatable bonds is 5. The molecule has 1 fully saturated rings. The van der Waals surface area contributed by atoms with Crippen molar-refractivity contribution < 1.29 is 0 Å². The van der Waals surface area contributed by atoms with Crippen molar-refractivity contribution in [3.63, 3.8) is 0 Å². The van der Waals surface area contributed by atoms with Crippen molar-refractivity contribution in [2.75, 3.05) is 19.6 Å². The molecule has 0 bridgehead atoms. The molecule has 1 rings (SSSR count). The van der Waals surface area contributed by atoms with Gasteiger partial charge in [-0.2, -0.15) is 0 Å². The molecule has 2 atom stereocenters. The first-order chi connectivity index (χ1) is 6.74. The van der Waals surface area contributed by atoms with Crippen molar-refractivity contribution in [2.24, 2.45) is 5.92 Å². The first-order valence-corrected chi connectivity index (χ1v) is 6.54. The van der Waals surface area contributed by atoms with Crippen molar-refractivity contribution in [3.05, 3.63) is 0 Å². The molecule has 2 unspecified atom stereocenters. The Kier molecular flexibility index (Phi) is 5.88. The Labute approximate surface area is 93.8 Å². The van der Waals surface area contributed by atoms with Gasteiger partial charge in [0.1, 0.15) is 0 Å². The molecule has 1 heterocycles. The number of hydrogen-bond donors (Lipinski definition) is 0. The van der Waals surface area contributed by atoms with Crippen LogP contribution in [0, 0.1) is 5.92 Å². The van der Waals surface area contributed by atoms with E-state index in [1.54, 1.807) is 0 Å². The zero-order valence-corrected chi connectivity index (χ0v) is 10.4. The minimum atomic E-state index is 0.418. The van der Waals surface area contributed by atoms with Gasteiger partial charge in [0.05, 0.1) is 0 Å². The second kappa shape index (κ2) is 6.68. The van der Waals surface area contributed by atoms with Crippen LogP contribution < -0.4 is 0 Å². The van der Waals surface area contributed by atoms with Gasteiger partial charge in [0.15, 0.2) is 0 Å². The monoisotopic (exact) mass is 217 g/mol. The number of alkyl halides is 1. The Bertz CT molecular complexity index is 149. The summed E-state index contributed by atoms with van der Waals surface area (Å²) in [5, 5.41) is 0.418. The largest absolute Gasteiger partial charge is 0.303 e. The second-order valence-electron chi connectivity index (χ2n) is 4.64. The lowest BCUT2D eigenvalue weighted by molar-refractivity contribution is 0.184. The average Bonchev–Trinajstić information content (AvgIpc) is 2.18. The third kappa shape index (κ3) is 4.18. The molecule has 0 spiro atoms. The Morgan fingerprint density at radius 3 is 2.71 bits per heavy atom. The molecule has 1 saturated heterocycles. The van der Waals surface area contributed by atoms with E-state index in [-0.39, 0.29) is 0 Å². The molecule has 0 aromatic carbocycles. The van der Waals surface area contributed by atoms with Crippen LogP contribution in [0.5, 0.6) is 0 Å². The summed E-state index contributed by atoms with van der Waals surface area (Å²) in [4.78, 5) is 2.58. The smallest absolute Gasteiger partial charge is 0.0386 e. The van der Waals surface area contributed by atoms with Crippen LogP contribution in [-0.4, -0.2) is 29.9 Å². The summed E-state index contributed by atoms with van der Waals surface area (Å²) in [6.07, 6.45) is 6.66. The molecule has 14 heavy (non-hydrogen) atoms. The molecule has 1 aliphatic heterocycles. The molecule has 0 N–H and O–H groups in total. The predicted molar refractivity (Wildman–Crippen MR) is 64.0 cm³/mol. The Balaban J connectivity index is 2.07. The molecule has 2 heteroatoms. The molecule has 0 saturated carbocycles. The summed E-state index contributed by atoms with van der Waals surface area (Å²) >= 11 is 6.19. The van der Waals surface area contributed by atoms with Gasteiger partial charge in [0.25, 0.3) is 0 Å². The van der Waals surface area contributed by atoms with E-state index in [1.165, 1.54) is 51.7 Å². The number of halogens is 1. The molecular formula is C12H24ClN. The molecule has 1 nitrogen and oxygen atoms in total. The topological polar surface area (TPSA) is 3.24 Å². The lowest BCUT2D eigenvalue weighted by Gasteiger charge is -2.34. The molecule has 0 aromatic rings. The molecule has 0 radical (unpaired) electrons. The second-order valence-corrected chi connectivity index (χ2v) is 5.20. The Morgan fingerprint density at radius 1 is 1.29 bits per heavy atom. The van der Waals surface area contributed by atoms with Crippen LogP contribution in [0.1, 0.15) is 46.0 Å². The Morgan fingerprint density at radius 2 is 2.07 bits per heavy atom. The SMILES string of the molecule is CCCCCCN1CCC(Cl)C(C)C1. The minimum Gasteiger partial charge on any atom is -0.303 e. The van der Waals surface area contributed by atoms with Gasteiger partial charge in [-0.05, 0) is 31.8 Å². The van der Waals surface area contributed by atoms with E-state index in [4.69, 9.17) is 11.6 Å². The summed E-state index contributed by atoms with van der Waals surface area (Å²) in [6.45, 7) is 8.25. The summed E-state index contributed by atoms with van der Waals surface area (Å²) in [6, 6.07) is 0. The molecule has 84 valence electrons. The lowest BCUT2D eigenvalue weighted by Crippen LogP contribution is -2.40. The van der Waals surface area contributed by atoms with Crippen LogP contribution in [0.25, 0.3) is 0 Å². The number of unbranched alkanes of at least 4 members (excludes halogenated alkanes) is 3. The van der Waals surface area contributed by atoms with Crippen LogP contribution in [0.3, 0.4) is 0 Å². The van der Waals surface area contributed by atoms with Crippen molar-refractivity contribution in [1.82, 2.24) is 4.90 Å². The van der Waals surface area contributed by atoms with Gasteiger partial charge < -0.3 is 4.90 Å². The summed E-state index contributed by atoms with van der Waals surface area (Å²) in [5.74, 6) is 0.677. The van der Waals surface area contributed by atoms with Gasteiger partial charge in [-0.3, -0.25) is 0 Å². The maximum Gasteiger partial charge on any atom is 0.0386 e. The first-order valence-electron chi connectivity index (χ1n) is 6.10. The normalized spacial score (nSPS) is 29.4. The van der Waals surface area contributed by atoms with Crippen molar-refractivity contribution in [3.8, 4) is 0 Å². The van der Waals surface area contributed by atoms with E-state index in [0.717, 1.165) is 0 Å². The first kappa shape index (κ1) is 12.3. The summed E-state index contributed by atoms with van der Waals surface area (Å²) in [7, 11) is 0. The highest BCUT2D eigenvalue weighted by atomic mass is 35.5. The third-order valence-corrected chi connectivity index (χ3v) is 3.86. The van der Waals surface area contributed by atoms with Gasteiger partial charge in [-0.15, -0.1) is 11.6 Å². The van der Waals surface area contributed by atoms with E-state index in [2.05, 4.69) is 18.7 Å². The fraction of sp³-hybridized carbons (Fsp3) is 1.00. The van der Waals surface area contributed by atoms with E-state index < -0.39 is 0 Å². The van der Waals surface area contributed by atoms with Crippen LogP contribution in [0.4, 0.5) is 0 Å². The van der Waals surface area contributed by atoms with Gasteiger partial charge in [-0.25, -0.2) is 0 Å². The highest BCUT2D eigenvalue weighted by Crippen LogP contribution is 2.21. The average molecular weight is 218 g/mol. The van der Waals surface area contributed by atoms with Gasteiger partial charge >= 0.3 is 0 Å². The fourth-order valence-corrected chi connectivity index (χ4v) is 2.35. The van der Waals surface area contributed by atoms with Gasteiger partial charge in [0.2, 0.25) is 0 Å². The van der Waals surface area contributed by atoms with E-state index >= 15 is 0 Å². The highest BCUT2D eigenvalue weighted by molar-refractivity contribution is 6.20. The zero-order chi connectivity index (χ0) is 10.4. The van der Waals surface area contributed by atoms with Crippen molar-refractivity contribution >= 4 is 11.6 Å². The number of hydrogen-bond acceptors (Lipinski definition) is 1.